The van der Waals surface area contributed by atoms with Crippen molar-refractivity contribution in [3.05, 3.63) is 36.3 Å². The molecular formula is C15H16F3N5. The first kappa shape index (κ1) is 15.7. The van der Waals surface area contributed by atoms with Crippen molar-refractivity contribution in [3.63, 3.8) is 0 Å². The van der Waals surface area contributed by atoms with Gasteiger partial charge < -0.3 is 10.6 Å². The lowest BCUT2D eigenvalue weighted by Crippen LogP contribution is -2.38. The van der Waals surface area contributed by atoms with Crippen molar-refractivity contribution < 1.29 is 13.2 Å². The number of hydrogen-bond acceptors (Lipinski definition) is 5. The number of aromatic nitrogens is 3. The number of nitrogens with zero attached hydrogens (tertiary/aromatic N) is 3. The second kappa shape index (κ2) is 6.49. The largest absolute Gasteiger partial charge is 0.419 e. The van der Waals surface area contributed by atoms with E-state index in [0.29, 0.717) is 5.56 Å². The van der Waals surface area contributed by atoms with E-state index in [0.717, 1.165) is 32.1 Å². The van der Waals surface area contributed by atoms with Crippen LogP contribution in [0.1, 0.15) is 18.4 Å². The predicted octanol–water partition coefficient (Wildman–Crippen LogP) is 2.72. The summed E-state index contributed by atoms with van der Waals surface area (Å²) in [6.07, 6.45) is 1.12. The second-order valence-corrected chi connectivity index (χ2v) is 5.38. The molecule has 1 fully saturated rings. The van der Waals surface area contributed by atoms with E-state index < -0.39 is 11.7 Å². The Bertz CT molecular complexity index is 654. The van der Waals surface area contributed by atoms with E-state index in [1.165, 1.54) is 12.4 Å². The first-order valence-corrected chi connectivity index (χ1v) is 7.36. The van der Waals surface area contributed by atoms with Crippen molar-refractivity contribution in [2.45, 2.75) is 25.1 Å². The van der Waals surface area contributed by atoms with Gasteiger partial charge in [0.15, 0.2) is 0 Å². The molecule has 122 valence electrons. The second-order valence-electron chi connectivity index (χ2n) is 5.38. The minimum absolute atomic E-state index is 0.113. The molecule has 0 radical (unpaired) electrons. The van der Waals surface area contributed by atoms with Crippen LogP contribution in [-0.4, -0.2) is 34.1 Å². The molecule has 1 aliphatic rings. The average molecular weight is 323 g/mol. The number of pyridine rings is 1. The third kappa shape index (κ3) is 3.76. The lowest BCUT2D eigenvalue weighted by atomic mass is 10.1. The molecule has 3 rings (SSSR count). The molecule has 2 aromatic rings. The molecule has 1 saturated heterocycles. The first-order valence-electron chi connectivity index (χ1n) is 7.36. The number of anilines is 1. The summed E-state index contributed by atoms with van der Waals surface area (Å²) in [6.45, 7) is 1.69. The van der Waals surface area contributed by atoms with Crippen LogP contribution in [0, 0.1) is 0 Å². The average Bonchev–Trinajstić information content (AvgIpc) is 2.55. The van der Waals surface area contributed by atoms with E-state index in [9.17, 15) is 13.2 Å². The zero-order valence-electron chi connectivity index (χ0n) is 12.3. The Kier molecular flexibility index (Phi) is 4.42. The van der Waals surface area contributed by atoms with Crippen LogP contribution in [0.3, 0.4) is 0 Å². The predicted molar refractivity (Wildman–Crippen MR) is 79.8 cm³/mol. The summed E-state index contributed by atoms with van der Waals surface area (Å²) in [5.74, 6) is 0.200. The van der Waals surface area contributed by atoms with E-state index in [-0.39, 0.29) is 17.7 Å². The standard InChI is InChI=1S/C15H16F3N5/c16-15(17,18)12-9-21-14(22-11-4-2-6-20-8-11)23-13(12)10-3-1-5-19-7-10/h1,3,5,7,9,11,20H,2,4,6,8H2,(H,21,22,23). The highest BCUT2D eigenvalue weighted by molar-refractivity contribution is 5.63. The normalized spacial score (nSPS) is 18.7. The molecule has 0 aromatic carbocycles. The van der Waals surface area contributed by atoms with Gasteiger partial charge in [-0.2, -0.15) is 13.2 Å². The summed E-state index contributed by atoms with van der Waals surface area (Å²) in [5.41, 5.74) is -0.711. The number of hydrogen-bond donors (Lipinski definition) is 2. The molecule has 0 aliphatic carbocycles. The van der Waals surface area contributed by atoms with Crippen LogP contribution in [0.2, 0.25) is 0 Å². The van der Waals surface area contributed by atoms with Gasteiger partial charge in [0.2, 0.25) is 5.95 Å². The fraction of sp³-hybridized carbons (Fsp3) is 0.400. The van der Waals surface area contributed by atoms with Gasteiger partial charge in [-0.25, -0.2) is 9.97 Å². The number of piperidine rings is 1. The molecule has 1 aliphatic heterocycles. The lowest BCUT2D eigenvalue weighted by molar-refractivity contribution is -0.137. The van der Waals surface area contributed by atoms with Crippen LogP contribution in [-0.2, 0) is 6.18 Å². The highest BCUT2D eigenvalue weighted by Gasteiger charge is 2.35. The quantitative estimate of drug-likeness (QED) is 0.909. The van der Waals surface area contributed by atoms with Crippen molar-refractivity contribution in [1.82, 2.24) is 20.3 Å². The van der Waals surface area contributed by atoms with E-state index in [2.05, 4.69) is 25.6 Å². The molecule has 1 unspecified atom stereocenters. The highest BCUT2D eigenvalue weighted by atomic mass is 19.4. The molecule has 2 aromatic heterocycles. The smallest absolute Gasteiger partial charge is 0.350 e. The SMILES string of the molecule is FC(F)(F)c1cnc(NC2CCCNC2)nc1-c1cccnc1. The topological polar surface area (TPSA) is 62.7 Å². The molecule has 3 heterocycles. The van der Waals surface area contributed by atoms with Gasteiger partial charge in [0.25, 0.3) is 0 Å². The van der Waals surface area contributed by atoms with Gasteiger partial charge in [-0.15, -0.1) is 0 Å². The molecular weight excluding hydrogens is 307 g/mol. The van der Waals surface area contributed by atoms with Gasteiger partial charge in [0, 0.05) is 36.7 Å². The van der Waals surface area contributed by atoms with Crippen LogP contribution in [0.5, 0.6) is 0 Å². The Morgan fingerprint density at radius 1 is 1.26 bits per heavy atom. The summed E-state index contributed by atoms with van der Waals surface area (Å²) in [4.78, 5) is 11.8. The maximum Gasteiger partial charge on any atom is 0.419 e. The third-order valence-electron chi connectivity index (χ3n) is 3.66. The molecule has 0 spiro atoms. The van der Waals surface area contributed by atoms with Gasteiger partial charge in [0.1, 0.15) is 5.56 Å². The van der Waals surface area contributed by atoms with Crippen LogP contribution < -0.4 is 10.6 Å². The molecule has 5 nitrogen and oxygen atoms in total. The zero-order chi connectivity index (χ0) is 16.3. The number of rotatable bonds is 3. The van der Waals surface area contributed by atoms with Gasteiger partial charge in [-0.1, -0.05) is 0 Å². The molecule has 23 heavy (non-hydrogen) atoms. The fourth-order valence-electron chi connectivity index (χ4n) is 2.54. The summed E-state index contributed by atoms with van der Waals surface area (Å²) in [5, 5.41) is 6.33. The van der Waals surface area contributed by atoms with Crippen molar-refractivity contribution >= 4 is 5.95 Å². The summed E-state index contributed by atoms with van der Waals surface area (Å²) in [7, 11) is 0. The zero-order valence-corrected chi connectivity index (χ0v) is 12.3. The Balaban J connectivity index is 1.94. The summed E-state index contributed by atoms with van der Waals surface area (Å²) >= 11 is 0. The van der Waals surface area contributed by atoms with E-state index in [1.54, 1.807) is 12.1 Å². The monoisotopic (exact) mass is 323 g/mol. The van der Waals surface area contributed by atoms with Crippen molar-refractivity contribution in [3.8, 4) is 11.3 Å². The Labute approximate surface area is 131 Å². The summed E-state index contributed by atoms with van der Waals surface area (Å²) < 4.78 is 39.6. The highest BCUT2D eigenvalue weighted by Crippen LogP contribution is 2.35. The molecule has 1 atom stereocenters. The van der Waals surface area contributed by atoms with Crippen LogP contribution in [0.15, 0.2) is 30.7 Å². The third-order valence-corrected chi connectivity index (χ3v) is 3.66. The lowest BCUT2D eigenvalue weighted by Gasteiger charge is -2.24. The van der Waals surface area contributed by atoms with E-state index in [4.69, 9.17) is 0 Å². The van der Waals surface area contributed by atoms with E-state index >= 15 is 0 Å². The Hall–Kier alpha value is -2.22. The Morgan fingerprint density at radius 3 is 2.78 bits per heavy atom. The molecule has 0 amide bonds. The first-order chi connectivity index (χ1) is 11.0. The van der Waals surface area contributed by atoms with E-state index in [1.807, 2.05) is 0 Å². The van der Waals surface area contributed by atoms with Gasteiger partial charge >= 0.3 is 6.18 Å². The Morgan fingerprint density at radius 2 is 2.13 bits per heavy atom. The minimum Gasteiger partial charge on any atom is -0.350 e. The van der Waals surface area contributed by atoms with Gasteiger partial charge in [-0.3, -0.25) is 4.98 Å². The minimum atomic E-state index is -4.52. The summed E-state index contributed by atoms with van der Waals surface area (Å²) in [6, 6.07) is 3.24. The molecule has 2 N–H and O–H groups in total. The molecule has 0 saturated carbocycles. The number of halogens is 3. The van der Waals surface area contributed by atoms with Gasteiger partial charge in [0.05, 0.1) is 5.69 Å². The van der Waals surface area contributed by atoms with Crippen LogP contribution in [0.4, 0.5) is 19.1 Å². The van der Waals surface area contributed by atoms with Crippen LogP contribution in [0.25, 0.3) is 11.3 Å². The van der Waals surface area contributed by atoms with Crippen molar-refractivity contribution in [1.29, 1.82) is 0 Å². The number of alkyl halides is 3. The molecule has 8 heteroatoms. The maximum absolute atomic E-state index is 13.2. The van der Waals surface area contributed by atoms with Crippen LogP contribution >= 0.6 is 0 Å². The number of nitrogens with one attached hydrogen (secondary N) is 2. The van der Waals surface area contributed by atoms with Crippen molar-refractivity contribution in [2.24, 2.45) is 0 Å². The fourth-order valence-corrected chi connectivity index (χ4v) is 2.54. The van der Waals surface area contributed by atoms with Crippen molar-refractivity contribution in [2.75, 3.05) is 18.4 Å². The maximum atomic E-state index is 13.2. The van der Waals surface area contributed by atoms with Gasteiger partial charge in [-0.05, 0) is 31.5 Å². The molecule has 0 bridgehead atoms.